The Bertz CT molecular complexity index is 570. The number of hydrogen-bond donors (Lipinski definition) is 1. The molecule has 0 bridgehead atoms. The Balaban J connectivity index is 1.90. The van der Waals surface area contributed by atoms with Crippen LogP contribution in [0.4, 0.5) is 5.69 Å². The molecule has 0 amide bonds. The van der Waals surface area contributed by atoms with Crippen molar-refractivity contribution in [2.24, 2.45) is 0 Å². The van der Waals surface area contributed by atoms with Gasteiger partial charge in [0.15, 0.2) is 0 Å². The smallest absolute Gasteiger partial charge is 0.120 e. The van der Waals surface area contributed by atoms with Gasteiger partial charge in [-0.25, -0.2) is 0 Å². The Kier molecular flexibility index (Phi) is 2.67. The summed E-state index contributed by atoms with van der Waals surface area (Å²) in [5, 5.41) is 3.83. The zero-order valence-electron chi connectivity index (χ0n) is 12.3. The number of benzene rings is 1. The fraction of sp³-hybridized carbons (Fsp3) is 0.625. The van der Waals surface area contributed by atoms with Crippen molar-refractivity contribution in [1.29, 1.82) is 0 Å². The van der Waals surface area contributed by atoms with Crippen molar-refractivity contribution in [3.63, 3.8) is 0 Å². The highest BCUT2D eigenvalue weighted by Gasteiger charge is 2.68. The van der Waals surface area contributed by atoms with E-state index in [0.717, 1.165) is 5.75 Å². The Hall–Kier alpha value is -0.480. The molecule has 4 heteroatoms. The van der Waals surface area contributed by atoms with Crippen molar-refractivity contribution >= 4 is 29.2 Å². The maximum atomic E-state index is 5.39. The Morgan fingerprint density at radius 3 is 2.60 bits per heavy atom. The first kappa shape index (κ1) is 13.2. The van der Waals surface area contributed by atoms with Gasteiger partial charge in [-0.1, -0.05) is 13.0 Å². The first-order valence-electron chi connectivity index (χ1n) is 7.29. The van der Waals surface area contributed by atoms with Crippen LogP contribution < -0.4 is 10.1 Å². The monoisotopic (exact) mass is 307 g/mol. The van der Waals surface area contributed by atoms with Gasteiger partial charge in [-0.15, -0.1) is 23.5 Å². The lowest BCUT2D eigenvalue weighted by molar-refractivity contribution is 0.354. The van der Waals surface area contributed by atoms with E-state index >= 15 is 0 Å². The van der Waals surface area contributed by atoms with Gasteiger partial charge in [-0.2, -0.15) is 0 Å². The van der Waals surface area contributed by atoms with Gasteiger partial charge >= 0.3 is 0 Å². The molecule has 1 aliphatic carbocycles. The van der Waals surface area contributed by atoms with Gasteiger partial charge in [0.2, 0.25) is 0 Å². The number of hydrogen-bond acceptors (Lipinski definition) is 4. The fourth-order valence-electron chi connectivity index (χ4n) is 4.40. The Labute approximate surface area is 129 Å². The SMILES string of the molecule is COc1ccc2c(c1)N[C@]1(C)CCC3(SCCS3)[C@]21C. The first-order chi connectivity index (χ1) is 9.55. The molecule has 1 aromatic carbocycles. The molecule has 2 aliphatic heterocycles. The van der Waals surface area contributed by atoms with Gasteiger partial charge in [-0.05, 0) is 31.4 Å². The van der Waals surface area contributed by atoms with Gasteiger partial charge in [0, 0.05) is 34.2 Å². The summed E-state index contributed by atoms with van der Waals surface area (Å²) in [6.45, 7) is 4.89. The summed E-state index contributed by atoms with van der Waals surface area (Å²) in [7, 11) is 1.74. The van der Waals surface area contributed by atoms with Crippen LogP contribution in [0.5, 0.6) is 5.75 Å². The third kappa shape index (κ3) is 1.35. The molecule has 0 unspecified atom stereocenters. The lowest BCUT2D eigenvalue weighted by Crippen LogP contribution is -2.51. The summed E-state index contributed by atoms with van der Waals surface area (Å²) >= 11 is 4.38. The van der Waals surface area contributed by atoms with Crippen molar-refractivity contribution in [3.05, 3.63) is 23.8 Å². The highest BCUT2D eigenvalue weighted by atomic mass is 32.2. The maximum Gasteiger partial charge on any atom is 0.120 e. The predicted molar refractivity (Wildman–Crippen MR) is 89.3 cm³/mol. The number of ether oxygens (including phenoxy) is 1. The second-order valence-electron chi connectivity index (χ2n) is 6.44. The highest BCUT2D eigenvalue weighted by Crippen LogP contribution is 2.71. The zero-order chi connectivity index (χ0) is 14.0. The number of thioether (sulfide) groups is 2. The molecule has 108 valence electrons. The van der Waals surface area contributed by atoms with E-state index in [4.69, 9.17) is 4.74 Å². The minimum atomic E-state index is 0.173. The standard InChI is InChI=1S/C16H21NOS2/c1-14-6-7-16(19-8-9-20-16)15(14,2)12-5-4-11(18-3)10-13(12)17-14/h4-5,10,17H,6-9H2,1-3H3/t14-,15-/m1/s1. The van der Waals surface area contributed by atoms with E-state index < -0.39 is 0 Å². The molecule has 1 spiro atoms. The van der Waals surface area contributed by atoms with E-state index in [2.05, 4.69) is 60.9 Å². The van der Waals surface area contributed by atoms with Crippen molar-refractivity contribution < 1.29 is 4.74 Å². The Morgan fingerprint density at radius 1 is 1.15 bits per heavy atom. The molecule has 1 saturated carbocycles. The molecule has 2 nitrogen and oxygen atoms in total. The van der Waals surface area contributed by atoms with E-state index in [0.29, 0.717) is 4.08 Å². The predicted octanol–water partition coefficient (Wildman–Crippen LogP) is 4.11. The van der Waals surface area contributed by atoms with Gasteiger partial charge < -0.3 is 10.1 Å². The average Bonchev–Trinajstić information content (AvgIpc) is 3.06. The molecule has 2 atom stereocenters. The van der Waals surface area contributed by atoms with Crippen LogP contribution in [0.15, 0.2) is 18.2 Å². The number of fused-ring (bicyclic) bond motifs is 4. The first-order valence-corrected chi connectivity index (χ1v) is 9.26. The summed E-state index contributed by atoms with van der Waals surface area (Å²) < 4.78 is 5.75. The number of anilines is 1. The topological polar surface area (TPSA) is 21.3 Å². The second kappa shape index (κ2) is 4.04. The molecule has 2 heterocycles. The summed E-state index contributed by atoms with van der Waals surface area (Å²) in [4.78, 5) is 0. The molecule has 0 radical (unpaired) electrons. The largest absolute Gasteiger partial charge is 0.497 e. The quantitative estimate of drug-likeness (QED) is 0.842. The van der Waals surface area contributed by atoms with Crippen molar-refractivity contribution in [1.82, 2.24) is 0 Å². The molecule has 0 aromatic heterocycles. The third-order valence-corrected chi connectivity index (χ3v) is 9.69. The van der Waals surface area contributed by atoms with E-state index in [1.165, 1.54) is 35.6 Å². The van der Waals surface area contributed by atoms with Gasteiger partial charge in [-0.3, -0.25) is 0 Å². The molecular weight excluding hydrogens is 286 g/mol. The highest BCUT2D eigenvalue weighted by molar-refractivity contribution is 8.21. The van der Waals surface area contributed by atoms with E-state index in [-0.39, 0.29) is 11.0 Å². The van der Waals surface area contributed by atoms with Gasteiger partial charge in [0.25, 0.3) is 0 Å². The molecular formula is C16H21NOS2. The van der Waals surface area contributed by atoms with Crippen LogP contribution in [-0.4, -0.2) is 28.2 Å². The fourth-order valence-corrected chi connectivity index (χ4v) is 8.30. The van der Waals surface area contributed by atoms with Crippen molar-refractivity contribution in [2.75, 3.05) is 23.9 Å². The number of rotatable bonds is 1. The molecule has 4 rings (SSSR count). The Morgan fingerprint density at radius 2 is 1.90 bits per heavy atom. The molecule has 3 aliphatic rings. The van der Waals surface area contributed by atoms with Crippen LogP contribution in [-0.2, 0) is 5.41 Å². The van der Waals surface area contributed by atoms with Gasteiger partial charge in [0.05, 0.1) is 11.2 Å². The summed E-state index contributed by atoms with van der Waals surface area (Å²) in [5.74, 6) is 3.54. The van der Waals surface area contributed by atoms with E-state index in [1.807, 2.05) is 0 Å². The van der Waals surface area contributed by atoms with Crippen LogP contribution in [0.3, 0.4) is 0 Å². The van der Waals surface area contributed by atoms with Crippen LogP contribution in [0.1, 0.15) is 32.3 Å². The van der Waals surface area contributed by atoms with Crippen LogP contribution >= 0.6 is 23.5 Å². The second-order valence-corrected chi connectivity index (χ2v) is 9.49. The van der Waals surface area contributed by atoms with Crippen LogP contribution in [0.25, 0.3) is 0 Å². The van der Waals surface area contributed by atoms with Crippen LogP contribution in [0.2, 0.25) is 0 Å². The third-order valence-electron chi connectivity index (χ3n) is 5.75. The minimum absolute atomic E-state index is 0.173. The van der Waals surface area contributed by atoms with Crippen LogP contribution in [0, 0.1) is 0 Å². The summed E-state index contributed by atoms with van der Waals surface area (Å²) in [6.07, 6.45) is 2.56. The molecule has 1 saturated heterocycles. The molecule has 2 fully saturated rings. The lowest BCUT2D eigenvalue weighted by atomic mass is 9.72. The summed E-state index contributed by atoms with van der Waals surface area (Å²) in [6, 6.07) is 6.58. The van der Waals surface area contributed by atoms with Gasteiger partial charge in [0.1, 0.15) is 5.75 Å². The number of nitrogens with one attached hydrogen (secondary N) is 1. The number of methoxy groups -OCH3 is 1. The molecule has 20 heavy (non-hydrogen) atoms. The van der Waals surface area contributed by atoms with Crippen molar-refractivity contribution in [3.8, 4) is 5.75 Å². The van der Waals surface area contributed by atoms with E-state index in [1.54, 1.807) is 7.11 Å². The zero-order valence-corrected chi connectivity index (χ0v) is 13.9. The van der Waals surface area contributed by atoms with E-state index in [9.17, 15) is 0 Å². The maximum absolute atomic E-state index is 5.39. The minimum Gasteiger partial charge on any atom is -0.497 e. The normalized spacial score (nSPS) is 36.8. The molecule has 1 aromatic rings. The molecule has 1 N–H and O–H groups in total. The average molecular weight is 307 g/mol. The summed E-state index contributed by atoms with van der Waals surface area (Å²) in [5.41, 5.74) is 3.14. The lowest BCUT2D eigenvalue weighted by Gasteiger charge is -2.44. The van der Waals surface area contributed by atoms with Crippen molar-refractivity contribution in [2.45, 2.75) is 41.7 Å².